The summed E-state index contributed by atoms with van der Waals surface area (Å²) in [5.41, 5.74) is 1.76. The Morgan fingerprint density at radius 2 is 2.42 bits per heavy atom. The standard InChI is InChI=1S/C18H24N4O2/c1-2-3-9-22-10-7-20-17(22)14-5-4-6-15(12-14)21-18(23)16-13-19-8-11-24-16/h4-7,10,12,16,19H,2-3,8-9,11,13H2,1H3,(H,21,23). The number of rotatable bonds is 6. The maximum absolute atomic E-state index is 12.3. The number of aryl methyl sites for hydroxylation is 1. The van der Waals surface area contributed by atoms with Crippen LogP contribution in [-0.2, 0) is 16.1 Å². The van der Waals surface area contributed by atoms with Gasteiger partial charge >= 0.3 is 0 Å². The van der Waals surface area contributed by atoms with Gasteiger partial charge in [-0.05, 0) is 18.6 Å². The van der Waals surface area contributed by atoms with Crippen LogP contribution in [0.4, 0.5) is 5.69 Å². The normalized spacial score (nSPS) is 17.6. The van der Waals surface area contributed by atoms with Crippen LogP contribution in [0.1, 0.15) is 19.8 Å². The van der Waals surface area contributed by atoms with Crippen molar-refractivity contribution in [2.45, 2.75) is 32.4 Å². The van der Waals surface area contributed by atoms with Crippen LogP contribution in [0.2, 0.25) is 0 Å². The third kappa shape index (κ3) is 4.01. The van der Waals surface area contributed by atoms with E-state index in [-0.39, 0.29) is 5.91 Å². The molecule has 1 aliphatic heterocycles. The van der Waals surface area contributed by atoms with Crippen molar-refractivity contribution in [1.29, 1.82) is 0 Å². The minimum atomic E-state index is -0.436. The van der Waals surface area contributed by atoms with Gasteiger partial charge in [-0.1, -0.05) is 25.5 Å². The smallest absolute Gasteiger partial charge is 0.254 e. The second-order valence-electron chi connectivity index (χ2n) is 5.93. The molecule has 0 spiro atoms. The van der Waals surface area contributed by atoms with Gasteiger partial charge in [-0.2, -0.15) is 0 Å². The highest BCUT2D eigenvalue weighted by Crippen LogP contribution is 2.22. The molecular formula is C18H24N4O2. The Labute approximate surface area is 142 Å². The van der Waals surface area contributed by atoms with Gasteiger partial charge in [-0.3, -0.25) is 4.79 Å². The summed E-state index contributed by atoms with van der Waals surface area (Å²) in [6, 6.07) is 7.79. The van der Waals surface area contributed by atoms with Crippen molar-refractivity contribution in [3.8, 4) is 11.4 Å². The van der Waals surface area contributed by atoms with Crippen LogP contribution in [0.15, 0.2) is 36.7 Å². The molecule has 1 unspecified atom stereocenters. The molecule has 0 aliphatic carbocycles. The summed E-state index contributed by atoms with van der Waals surface area (Å²) in [4.78, 5) is 16.7. The van der Waals surface area contributed by atoms with Gasteiger partial charge in [-0.25, -0.2) is 4.98 Å². The number of morpholine rings is 1. The molecule has 6 heteroatoms. The van der Waals surface area contributed by atoms with Gasteiger partial charge in [0, 0.05) is 43.3 Å². The maximum atomic E-state index is 12.3. The molecule has 0 radical (unpaired) electrons. The number of carbonyl (C=O) groups excluding carboxylic acids is 1. The zero-order valence-electron chi connectivity index (χ0n) is 14.0. The first-order chi connectivity index (χ1) is 11.8. The predicted molar refractivity (Wildman–Crippen MR) is 93.8 cm³/mol. The van der Waals surface area contributed by atoms with Crippen LogP contribution in [0.5, 0.6) is 0 Å². The van der Waals surface area contributed by atoms with Crippen molar-refractivity contribution < 1.29 is 9.53 Å². The van der Waals surface area contributed by atoms with E-state index in [1.807, 2.05) is 36.7 Å². The lowest BCUT2D eigenvalue weighted by Crippen LogP contribution is -2.45. The maximum Gasteiger partial charge on any atom is 0.254 e. The van der Waals surface area contributed by atoms with Crippen LogP contribution in [-0.4, -0.2) is 41.3 Å². The largest absolute Gasteiger partial charge is 0.366 e. The fraction of sp³-hybridized carbons (Fsp3) is 0.444. The lowest BCUT2D eigenvalue weighted by atomic mass is 10.1. The van der Waals surface area contributed by atoms with E-state index in [1.54, 1.807) is 0 Å². The molecule has 0 saturated carbocycles. The summed E-state index contributed by atoms with van der Waals surface area (Å²) in [7, 11) is 0. The number of aromatic nitrogens is 2. The highest BCUT2D eigenvalue weighted by Gasteiger charge is 2.21. The fourth-order valence-corrected chi connectivity index (χ4v) is 2.77. The van der Waals surface area contributed by atoms with Crippen LogP contribution in [0, 0.1) is 0 Å². The zero-order chi connectivity index (χ0) is 16.8. The molecule has 1 saturated heterocycles. The molecule has 1 fully saturated rings. The molecule has 2 N–H and O–H groups in total. The monoisotopic (exact) mass is 328 g/mol. The minimum Gasteiger partial charge on any atom is -0.366 e. The number of hydrogen-bond acceptors (Lipinski definition) is 4. The van der Waals surface area contributed by atoms with Crippen molar-refractivity contribution in [2.24, 2.45) is 0 Å². The van der Waals surface area contributed by atoms with E-state index in [2.05, 4.69) is 27.1 Å². The molecule has 24 heavy (non-hydrogen) atoms. The van der Waals surface area contributed by atoms with Gasteiger partial charge in [-0.15, -0.1) is 0 Å². The number of carbonyl (C=O) groups is 1. The average Bonchev–Trinajstić information content (AvgIpc) is 3.09. The number of hydrogen-bond donors (Lipinski definition) is 2. The minimum absolute atomic E-state index is 0.117. The number of nitrogens with zero attached hydrogens (tertiary/aromatic N) is 2. The molecule has 3 rings (SSSR count). The van der Waals surface area contributed by atoms with Crippen molar-refractivity contribution in [3.63, 3.8) is 0 Å². The Balaban J connectivity index is 1.72. The van der Waals surface area contributed by atoms with Gasteiger partial charge in [0.15, 0.2) is 0 Å². The van der Waals surface area contributed by atoms with Gasteiger partial charge in [0.1, 0.15) is 11.9 Å². The van der Waals surface area contributed by atoms with E-state index in [4.69, 9.17) is 4.74 Å². The molecule has 1 aromatic carbocycles. The Hall–Kier alpha value is -2.18. The fourth-order valence-electron chi connectivity index (χ4n) is 2.77. The summed E-state index contributed by atoms with van der Waals surface area (Å²) in [5.74, 6) is 0.809. The first-order valence-electron chi connectivity index (χ1n) is 8.52. The number of ether oxygens (including phenoxy) is 1. The molecule has 128 valence electrons. The van der Waals surface area contributed by atoms with Crippen LogP contribution in [0.3, 0.4) is 0 Å². The van der Waals surface area contributed by atoms with Gasteiger partial charge in [0.2, 0.25) is 0 Å². The van der Waals surface area contributed by atoms with Crippen molar-refractivity contribution in [3.05, 3.63) is 36.7 Å². The van der Waals surface area contributed by atoms with Crippen LogP contribution in [0.25, 0.3) is 11.4 Å². The summed E-state index contributed by atoms with van der Waals surface area (Å²) < 4.78 is 7.64. The summed E-state index contributed by atoms with van der Waals surface area (Å²) in [6.07, 6.45) is 5.64. The van der Waals surface area contributed by atoms with Crippen LogP contribution < -0.4 is 10.6 Å². The predicted octanol–water partition coefficient (Wildman–Crippen LogP) is 2.28. The molecule has 2 heterocycles. The SMILES string of the molecule is CCCCn1ccnc1-c1cccc(NC(=O)C2CNCCO2)c1. The molecule has 0 bridgehead atoms. The molecule has 1 amide bonds. The highest BCUT2D eigenvalue weighted by molar-refractivity contribution is 5.94. The number of amides is 1. The Bertz CT molecular complexity index is 677. The Morgan fingerprint density at radius 1 is 1.50 bits per heavy atom. The molecular weight excluding hydrogens is 304 g/mol. The van der Waals surface area contributed by atoms with Crippen molar-refractivity contribution in [2.75, 3.05) is 25.0 Å². The molecule has 1 atom stereocenters. The summed E-state index contributed by atoms with van der Waals surface area (Å²) in [5, 5.41) is 6.10. The van der Waals surface area contributed by atoms with E-state index < -0.39 is 6.10 Å². The number of imidazole rings is 1. The third-order valence-electron chi connectivity index (χ3n) is 4.08. The first-order valence-corrected chi connectivity index (χ1v) is 8.52. The number of unbranched alkanes of at least 4 members (excludes halogenated alkanes) is 1. The Kier molecular flexibility index (Phi) is 5.61. The molecule has 1 aromatic heterocycles. The Morgan fingerprint density at radius 3 is 3.21 bits per heavy atom. The van der Waals surface area contributed by atoms with E-state index in [0.717, 1.165) is 43.0 Å². The molecule has 6 nitrogen and oxygen atoms in total. The first kappa shape index (κ1) is 16.7. The average molecular weight is 328 g/mol. The van der Waals surface area contributed by atoms with E-state index in [0.29, 0.717) is 13.2 Å². The van der Waals surface area contributed by atoms with Gasteiger partial charge in [0.25, 0.3) is 5.91 Å². The van der Waals surface area contributed by atoms with E-state index >= 15 is 0 Å². The lowest BCUT2D eigenvalue weighted by molar-refractivity contribution is -0.128. The van der Waals surface area contributed by atoms with Crippen molar-refractivity contribution >= 4 is 11.6 Å². The lowest BCUT2D eigenvalue weighted by Gasteiger charge is -2.22. The quantitative estimate of drug-likeness (QED) is 0.854. The highest BCUT2D eigenvalue weighted by atomic mass is 16.5. The van der Waals surface area contributed by atoms with E-state index in [9.17, 15) is 4.79 Å². The number of nitrogens with one attached hydrogen (secondary N) is 2. The molecule has 1 aliphatic rings. The second kappa shape index (κ2) is 8.08. The number of anilines is 1. The summed E-state index contributed by atoms with van der Waals surface area (Å²) >= 11 is 0. The van der Waals surface area contributed by atoms with E-state index in [1.165, 1.54) is 0 Å². The molecule has 2 aromatic rings. The van der Waals surface area contributed by atoms with Gasteiger partial charge in [0.05, 0.1) is 6.61 Å². The van der Waals surface area contributed by atoms with Gasteiger partial charge < -0.3 is 19.9 Å². The topological polar surface area (TPSA) is 68.2 Å². The van der Waals surface area contributed by atoms with Crippen molar-refractivity contribution in [1.82, 2.24) is 14.9 Å². The second-order valence-corrected chi connectivity index (χ2v) is 5.93. The third-order valence-corrected chi connectivity index (χ3v) is 4.08. The van der Waals surface area contributed by atoms with Crippen LogP contribution >= 0.6 is 0 Å². The number of benzene rings is 1. The zero-order valence-corrected chi connectivity index (χ0v) is 14.0. The summed E-state index contributed by atoms with van der Waals surface area (Å²) in [6.45, 7) is 5.03.